The van der Waals surface area contributed by atoms with Crippen LogP contribution in [-0.2, 0) is 41.6 Å². The quantitative estimate of drug-likeness (QED) is 0.185. The number of benzene rings is 2. The molecule has 248 valence electrons. The Morgan fingerprint density at radius 2 is 1.35 bits per heavy atom. The van der Waals surface area contributed by atoms with E-state index in [9.17, 15) is 33.9 Å². The summed E-state index contributed by atoms with van der Waals surface area (Å²) in [4.78, 5) is 78.3. The highest BCUT2D eigenvalue weighted by Crippen LogP contribution is 2.21. The van der Waals surface area contributed by atoms with Crippen LogP contribution in [0.15, 0.2) is 60.7 Å². The van der Waals surface area contributed by atoms with Gasteiger partial charge in [-0.2, -0.15) is 0 Å². The van der Waals surface area contributed by atoms with E-state index in [1.54, 1.807) is 29.2 Å². The van der Waals surface area contributed by atoms with Crippen LogP contribution in [0.2, 0.25) is 0 Å². The van der Waals surface area contributed by atoms with E-state index in [1.165, 1.54) is 0 Å². The molecule has 0 unspecified atom stereocenters. The molecule has 1 heterocycles. The van der Waals surface area contributed by atoms with Gasteiger partial charge in [-0.25, -0.2) is 0 Å². The first-order chi connectivity index (χ1) is 21.9. The summed E-state index contributed by atoms with van der Waals surface area (Å²) in [6.45, 7) is 4.52. The van der Waals surface area contributed by atoms with Crippen LogP contribution in [0.3, 0.4) is 0 Å². The average Bonchev–Trinajstić information content (AvgIpc) is 3.00. The van der Waals surface area contributed by atoms with Crippen molar-refractivity contribution in [1.82, 2.24) is 20.9 Å². The van der Waals surface area contributed by atoms with E-state index in [2.05, 4.69) is 16.0 Å². The minimum Gasteiger partial charge on any atom is -0.481 e. The van der Waals surface area contributed by atoms with Gasteiger partial charge in [0.2, 0.25) is 29.5 Å². The Kier molecular flexibility index (Phi) is 13.7. The van der Waals surface area contributed by atoms with E-state index < -0.39 is 48.2 Å². The molecule has 2 aromatic rings. The summed E-state index contributed by atoms with van der Waals surface area (Å²) in [6, 6.07) is 14.5. The molecule has 0 aliphatic carbocycles. The fraction of sp³-hybridized carbons (Fsp3) is 0.471. The summed E-state index contributed by atoms with van der Waals surface area (Å²) in [5, 5.41) is 17.5. The zero-order chi connectivity index (χ0) is 33.6. The number of nitrogens with one attached hydrogen (secondary N) is 3. The first-order valence-electron chi connectivity index (χ1n) is 15.7. The number of carboxylic acids is 1. The zero-order valence-electron chi connectivity index (χ0n) is 26.4. The topological polar surface area (TPSA) is 188 Å². The van der Waals surface area contributed by atoms with Crippen LogP contribution in [0.25, 0.3) is 0 Å². The van der Waals surface area contributed by atoms with Gasteiger partial charge in [0.1, 0.15) is 18.1 Å². The number of carboxylic acid groups (broad SMARTS) is 1. The zero-order valence-corrected chi connectivity index (χ0v) is 26.4. The number of likely N-dealkylation sites (tertiary alicyclic amines) is 1. The molecule has 3 rings (SSSR count). The number of piperidine rings is 1. The van der Waals surface area contributed by atoms with Gasteiger partial charge in [-0.05, 0) is 42.2 Å². The maximum Gasteiger partial charge on any atom is 0.305 e. The largest absolute Gasteiger partial charge is 0.481 e. The number of nitrogens with zero attached hydrogens (tertiary/aromatic N) is 1. The van der Waals surface area contributed by atoms with Crippen molar-refractivity contribution >= 4 is 35.5 Å². The molecule has 12 nitrogen and oxygen atoms in total. The highest BCUT2D eigenvalue weighted by atomic mass is 16.4. The van der Waals surface area contributed by atoms with Gasteiger partial charge in [0.25, 0.3) is 0 Å². The van der Waals surface area contributed by atoms with Gasteiger partial charge in [0, 0.05) is 25.9 Å². The number of aliphatic carboxylic acids is 1. The summed E-state index contributed by atoms with van der Waals surface area (Å²) in [5.41, 5.74) is 6.88. The molecule has 0 bridgehead atoms. The van der Waals surface area contributed by atoms with Crippen LogP contribution in [0.1, 0.15) is 57.1 Å². The summed E-state index contributed by atoms with van der Waals surface area (Å²) in [7, 11) is 0. The van der Waals surface area contributed by atoms with Gasteiger partial charge in [-0.1, -0.05) is 74.5 Å². The molecule has 0 saturated carbocycles. The van der Waals surface area contributed by atoms with Crippen LogP contribution >= 0.6 is 0 Å². The van der Waals surface area contributed by atoms with Crippen LogP contribution in [-0.4, -0.2) is 76.7 Å². The van der Waals surface area contributed by atoms with Crippen molar-refractivity contribution in [2.45, 2.75) is 76.9 Å². The summed E-state index contributed by atoms with van der Waals surface area (Å²) in [6.07, 6.45) is 1.14. The maximum atomic E-state index is 13.7. The molecule has 0 aromatic heterocycles. The minimum atomic E-state index is -1.50. The van der Waals surface area contributed by atoms with Crippen molar-refractivity contribution in [3.8, 4) is 0 Å². The standard InChI is InChI=1S/C34H45N5O7/c1-22(2)17-26(36-30(41)20-24-11-7-4-8-12-24)32(44)37-27(21-31(42)43)33(45)38-28(18-23-9-5-3-6-10-23)34(46)39-15-13-25(14-16-39)19-29(35)40/h3-12,22,25-28H,13-21H2,1-2H3,(H2,35,40)(H,36,41)(H,37,44)(H,38,45)(H,42,43)/t26-,27-,28-/m0/s1. The lowest BCUT2D eigenvalue weighted by Gasteiger charge is -2.34. The molecule has 0 radical (unpaired) electrons. The third-order valence-electron chi connectivity index (χ3n) is 7.89. The molecular weight excluding hydrogens is 590 g/mol. The highest BCUT2D eigenvalue weighted by molar-refractivity contribution is 5.96. The molecule has 12 heteroatoms. The van der Waals surface area contributed by atoms with Gasteiger partial charge in [-0.3, -0.25) is 28.8 Å². The van der Waals surface area contributed by atoms with Gasteiger partial charge in [-0.15, -0.1) is 0 Å². The van der Waals surface area contributed by atoms with Crippen molar-refractivity contribution in [3.63, 3.8) is 0 Å². The lowest BCUT2D eigenvalue weighted by Crippen LogP contribution is -2.58. The Hall–Kier alpha value is -4.74. The molecule has 46 heavy (non-hydrogen) atoms. The number of hydrogen-bond donors (Lipinski definition) is 5. The predicted octanol–water partition coefficient (Wildman–Crippen LogP) is 1.56. The normalized spacial score (nSPS) is 15.3. The molecule has 0 spiro atoms. The SMILES string of the molecule is CC(C)C[C@H](NC(=O)Cc1ccccc1)C(=O)N[C@@H](CC(=O)O)C(=O)N[C@@H](Cc1ccccc1)C(=O)N1CCC(CC(N)=O)CC1. The van der Waals surface area contributed by atoms with Crippen LogP contribution in [0.4, 0.5) is 0 Å². The fourth-order valence-electron chi connectivity index (χ4n) is 5.57. The van der Waals surface area contributed by atoms with E-state index in [0.717, 1.165) is 11.1 Å². The number of rotatable bonds is 16. The number of carbonyl (C=O) groups excluding carboxylic acids is 5. The van der Waals surface area contributed by atoms with Crippen LogP contribution in [0.5, 0.6) is 0 Å². The van der Waals surface area contributed by atoms with Crippen molar-refractivity contribution in [2.75, 3.05) is 13.1 Å². The van der Waals surface area contributed by atoms with Crippen LogP contribution in [0, 0.1) is 11.8 Å². The lowest BCUT2D eigenvalue weighted by atomic mass is 9.92. The molecular formula is C34H45N5O7. The minimum absolute atomic E-state index is 0.000451. The first-order valence-corrected chi connectivity index (χ1v) is 15.7. The molecule has 1 aliphatic heterocycles. The molecule has 2 aromatic carbocycles. The second kappa shape index (κ2) is 17.7. The van der Waals surface area contributed by atoms with Gasteiger partial charge in [0.05, 0.1) is 12.8 Å². The summed E-state index contributed by atoms with van der Waals surface area (Å²) in [5.74, 6) is -3.90. The van der Waals surface area contributed by atoms with Crippen molar-refractivity contribution in [3.05, 3.63) is 71.8 Å². The van der Waals surface area contributed by atoms with E-state index >= 15 is 0 Å². The van der Waals surface area contributed by atoms with Crippen molar-refractivity contribution in [1.29, 1.82) is 0 Å². The number of nitrogens with two attached hydrogens (primary N) is 1. The molecule has 1 aliphatic rings. The predicted molar refractivity (Wildman–Crippen MR) is 171 cm³/mol. The summed E-state index contributed by atoms with van der Waals surface area (Å²) >= 11 is 0. The Bertz CT molecular complexity index is 1340. The third-order valence-corrected chi connectivity index (χ3v) is 7.89. The Morgan fingerprint density at radius 3 is 1.89 bits per heavy atom. The van der Waals surface area contributed by atoms with E-state index in [4.69, 9.17) is 5.73 Å². The van der Waals surface area contributed by atoms with Gasteiger partial charge >= 0.3 is 5.97 Å². The molecule has 5 amide bonds. The second-order valence-corrected chi connectivity index (χ2v) is 12.3. The molecule has 1 saturated heterocycles. The average molecular weight is 636 g/mol. The van der Waals surface area contributed by atoms with E-state index in [0.29, 0.717) is 25.9 Å². The third kappa shape index (κ3) is 12.0. The van der Waals surface area contributed by atoms with Crippen molar-refractivity contribution in [2.24, 2.45) is 17.6 Å². The van der Waals surface area contributed by atoms with Crippen molar-refractivity contribution < 1.29 is 33.9 Å². The molecule has 1 fully saturated rings. The highest BCUT2D eigenvalue weighted by Gasteiger charge is 2.34. The first kappa shape index (κ1) is 35.7. The smallest absolute Gasteiger partial charge is 0.305 e. The Morgan fingerprint density at radius 1 is 0.804 bits per heavy atom. The second-order valence-electron chi connectivity index (χ2n) is 12.3. The number of hydrogen-bond acceptors (Lipinski definition) is 6. The van der Waals surface area contributed by atoms with Gasteiger partial charge < -0.3 is 31.7 Å². The Labute approximate surface area is 269 Å². The van der Waals surface area contributed by atoms with Crippen LogP contribution < -0.4 is 21.7 Å². The number of carbonyl (C=O) groups is 6. The summed E-state index contributed by atoms with van der Waals surface area (Å²) < 4.78 is 0. The maximum absolute atomic E-state index is 13.7. The van der Waals surface area contributed by atoms with E-state index in [-0.39, 0.29) is 49.3 Å². The van der Waals surface area contributed by atoms with E-state index in [1.807, 2.05) is 50.2 Å². The molecule has 3 atom stereocenters. The Balaban J connectivity index is 1.75. The molecule has 6 N–H and O–H groups in total. The monoisotopic (exact) mass is 635 g/mol. The number of amides is 5. The lowest BCUT2D eigenvalue weighted by molar-refractivity contribution is -0.142. The van der Waals surface area contributed by atoms with Gasteiger partial charge in [0.15, 0.2) is 0 Å². The number of primary amides is 1. The fourth-order valence-corrected chi connectivity index (χ4v) is 5.57.